The van der Waals surface area contributed by atoms with E-state index in [2.05, 4.69) is 55.3 Å². The first-order valence-electron chi connectivity index (χ1n) is 9.56. The summed E-state index contributed by atoms with van der Waals surface area (Å²) >= 11 is 0. The van der Waals surface area contributed by atoms with Crippen molar-refractivity contribution in [3.63, 3.8) is 0 Å². The van der Waals surface area contributed by atoms with Gasteiger partial charge in [-0.1, -0.05) is 39.0 Å². The number of anilines is 2. The Morgan fingerprint density at radius 3 is 2.73 bits per heavy atom. The lowest BCUT2D eigenvalue weighted by atomic mass is 9.87. The van der Waals surface area contributed by atoms with Crippen LogP contribution in [-0.4, -0.2) is 42.8 Å². The van der Waals surface area contributed by atoms with E-state index in [4.69, 9.17) is 14.7 Å². The van der Waals surface area contributed by atoms with Crippen LogP contribution in [0, 0.1) is 5.41 Å². The highest BCUT2D eigenvalue weighted by Gasteiger charge is 2.23. The molecule has 2 aliphatic rings. The topological polar surface area (TPSA) is 50.3 Å². The summed E-state index contributed by atoms with van der Waals surface area (Å²) in [5.41, 5.74) is 5.16. The van der Waals surface area contributed by atoms with Gasteiger partial charge < -0.3 is 15.0 Å². The highest BCUT2D eigenvalue weighted by molar-refractivity contribution is 5.72. The molecule has 2 aromatic rings. The van der Waals surface area contributed by atoms with E-state index in [9.17, 15) is 0 Å². The quantitative estimate of drug-likeness (QED) is 0.916. The second-order valence-electron chi connectivity index (χ2n) is 8.41. The minimum Gasteiger partial charge on any atom is -0.378 e. The summed E-state index contributed by atoms with van der Waals surface area (Å²) in [6, 6.07) is 8.85. The van der Waals surface area contributed by atoms with Crippen LogP contribution < -0.4 is 10.2 Å². The molecule has 1 N–H and O–H groups in total. The summed E-state index contributed by atoms with van der Waals surface area (Å²) in [7, 11) is 0. The standard InChI is InChI=1S/C21H28N4O/c1-21(2,3)14-15-5-4-6-16(13-15)18-17-7-8-22-19(17)24-20(23-18)25-9-11-26-12-10-25/h4-6,13H,7-12,14H2,1-3H3,(H,22,23,24). The van der Waals surface area contributed by atoms with E-state index in [1.807, 2.05) is 0 Å². The molecule has 138 valence electrons. The number of nitrogens with zero attached hydrogens (tertiary/aromatic N) is 3. The Hall–Kier alpha value is -2.14. The van der Waals surface area contributed by atoms with Crippen LogP contribution in [0.5, 0.6) is 0 Å². The molecule has 5 heteroatoms. The first-order valence-corrected chi connectivity index (χ1v) is 9.56. The predicted octanol–water partition coefficient (Wildman–Crippen LogP) is 3.54. The molecule has 0 atom stereocenters. The average molecular weight is 352 g/mol. The van der Waals surface area contributed by atoms with Crippen molar-refractivity contribution in [3.8, 4) is 11.3 Å². The molecular weight excluding hydrogens is 324 g/mol. The van der Waals surface area contributed by atoms with E-state index in [0.717, 1.165) is 63.1 Å². The normalized spacial score (nSPS) is 17.1. The van der Waals surface area contributed by atoms with Crippen LogP contribution in [0.15, 0.2) is 24.3 Å². The SMILES string of the molecule is CC(C)(C)Cc1cccc(-c2nc(N3CCOCC3)nc3c2CCN3)c1. The van der Waals surface area contributed by atoms with Gasteiger partial charge in [0, 0.05) is 30.8 Å². The van der Waals surface area contributed by atoms with E-state index in [0.29, 0.717) is 0 Å². The lowest BCUT2D eigenvalue weighted by Crippen LogP contribution is -2.37. The number of hydrogen-bond donors (Lipinski definition) is 1. The fraction of sp³-hybridized carbons (Fsp3) is 0.524. The Bertz CT molecular complexity index is 791. The van der Waals surface area contributed by atoms with Gasteiger partial charge in [-0.3, -0.25) is 0 Å². The molecule has 0 amide bonds. The largest absolute Gasteiger partial charge is 0.378 e. The van der Waals surface area contributed by atoms with Gasteiger partial charge in [0.05, 0.1) is 18.9 Å². The maximum atomic E-state index is 5.48. The monoisotopic (exact) mass is 352 g/mol. The van der Waals surface area contributed by atoms with Gasteiger partial charge in [0.1, 0.15) is 5.82 Å². The molecule has 4 rings (SSSR count). The summed E-state index contributed by atoms with van der Waals surface area (Å²) in [6.45, 7) is 11.0. The van der Waals surface area contributed by atoms with Gasteiger partial charge in [0.2, 0.25) is 5.95 Å². The fourth-order valence-corrected chi connectivity index (χ4v) is 3.75. The van der Waals surface area contributed by atoms with Crippen molar-refractivity contribution in [2.75, 3.05) is 43.1 Å². The van der Waals surface area contributed by atoms with Crippen LogP contribution in [0.3, 0.4) is 0 Å². The Kier molecular flexibility index (Phi) is 4.57. The number of aromatic nitrogens is 2. The molecule has 0 aliphatic carbocycles. The highest BCUT2D eigenvalue weighted by atomic mass is 16.5. The zero-order valence-electron chi connectivity index (χ0n) is 16.0. The summed E-state index contributed by atoms with van der Waals surface area (Å²) in [5, 5.41) is 3.43. The molecule has 5 nitrogen and oxygen atoms in total. The van der Waals surface area contributed by atoms with Crippen molar-refractivity contribution >= 4 is 11.8 Å². The summed E-state index contributed by atoms with van der Waals surface area (Å²) < 4.78 is 5.48. The maximum absolute atomic E-state index is 5.48. The molecule has 0 radical (unpaired) electrons. The third-order valence-electron chi connectivity index (χ3n) is 4.89. The second-order valence-corrected chi connectivity index (χ2v) is 8.41. The van der Waals surface area contributed by atoms with Crippen LogP contribution in [0.25, 0.3) is 11.3 Å². The molecule has 0 bridgehead atoms. The van der Waals surface area contributed by atoms with Gasteiger partial charge in [-0.2, -0.15) is 4.98 Å². The van der Waals surface area contributed by atoms with Gasteiger partial charge in [0.15, 0.2) is 0 Å². The maximum Gasteiger partial charge on any atom is 0.228 e. The number of hydrogen-bond acceptors (Lipinski definition) is 5. The van der Waals surface area contributed by atoms with Gasteiger partial charge in [-0.05, 0) is 29.9 Å². The molecule has 26 heavy (non-hydrogen) atoms. The number of rotatable bonds is 3. The van der Waals surface area contributed by atoms with E-state index in [-0.39, 0.29) is 5.41 Å². The number of ether oxygens (including phenoxy) is 1. The molecule has 1 fully saturated rings. The minimum absolute atomic E-state index is 0.271. The Morgan fingerprint density at radius 2 is 1.96 bits per heavy atom. The molecule has 2 aliphatic heterocycles. The fourth-order valence-electron chi connectivity index (χ4n) is 3.75. The smallest absolute Gasteiger partial charge is 0.228 e. The second kappa shape index (κ2) is 6.88. The zero-order valence-corrected chi connectivity index (χ0v) is 16.0. The third-order valence-corrected chi connectivity index (χ3v) is 4.89. The van der Waals surface area contributed by atoms with Crippen molar-refractivity contribution in [2.45, 2.75) is 33.6 Å². The summed E-state index contributed by atoms with van der Waals surface area (Å²) in [5.74, 6) is 1.82. The Balaban J connectivity index is 1.73. The first-order chi connectivity index (χ1) is 12.5. The van der Waals surface area contributed by atoms with Crippen LogP contribution in [0.1, 0.15) is 31.9 Å². The van der Waals surface area contributed by atoms with E-state index < -0.39 is 0 Å². The van der Waals surface area contributed by atoms with Gasteiger partial charge in [0.25, 0.3) is 0 Å². The third kappa shape index (κ3) is 3.68. The van der Waals surface area contributed by atoms with E-state index in [1.54, 1.807) is 0 Å². The molecule has 0 spiro atoms. The molecule has 0 unspecified atom stereocenters. The van der Waals surface area contributed by atoms with Crippen molar-refractivity contribution in [1.29, 1.82) is 0 Å². The molecule has 1 saturated heterocycles. The first kappa shape index (κ1) is 17.3. The number of morpholine rings is 1. The van der Waals surface area contributed by atoms with Crippen LogP contribution in [-0.2, 0) is 17.6 Å². The Morgan fingerprint density at radius 1 is 1.15 bits per heavy atom. The van der Waals surface area contributed by atoms with E-state index in [1.165, 1.54) is 16.7 Å². The van der Waals surface area contributed by atoms with Gasteiger partial charge >= 0.3 is 0 Å². The predicted molar refractivity (Wildman–Crippen MR) is 106 cm³/mol. The number of fused-ring (bicyclic) bond motifs is 1. The molecular formula is C21H28N4O. The summed E-state index contributed by atoms with van der Waals surface area (Å²) in [6.07, 6.45) is 2.04. The van der Waals surface area contributed by atoms with Gasteiger partial charge in [-0.25, -0.2) is 4.98 Å². The average Bonchev–Trinajstić information content (AvgIpc) is 3.09. The zero-order chi connectivity index (χ0) is 18.1. The van der Waals surface area contributed by atoms with Crippen LogP contribution in [0.2, 0.25) is 0 Å². The molecule has 1 aromatic carbocycles. The number of benzene rings is 1. The number of nitrogens with one attached hydrogen (secondary N) is 1. The molecule has 3 heterocycles. The van der Waals surface area contributed by atoms with Crippen LogP contribution >= 0.6 is 0 Å². The highest BCUT2D eigenvalue weighted by Crippen LogP contribution is 2.33. The molecule has 0 saturated carbocycles. The van der Waals surface area contributed by atoms with E-state index >= 15 is 0 Å². The lowest BCUT2D eigenvalue weighted by molar-refractivity contribution is 0.122. The van der Waals surface area contributed by atoms with Crippen molar-refractivity contribution in [3.05, 3.63) is 35.4 Å². The van der Waals surface area contributed by atoms with Gasteiger partial charge in [-0.15, -0.1) is 0 Å². The Labute approximate surface area is 155 Å². The lowest BCUT2D eigenvalue weighted by Gasteiger charge is -2.27. The molecule has 1 aromatic heterocycles. The van der Waals surface area contributed by atoms with Crippen molar-refractivity contribution in [1.82, 2.24) is 9.97 Å². The summed E-state index contributed by atoms with van der Waals surface area (Å²) in [4.78, 5) is 12.0. The van der Waals surface area contributed by atoms with Crippen molar-refractivity contribution in [2.24, 2.45) is 5.41 Å². The van der Waals surface area contributed by atoms with Crippen LogP contribution in [0.4, 0.5) is 11.8 Å². The van der Waals surface area contributed by atoms with Crippen molar-refractivity contribution < 1.29 is 4.74 Å². The minimum atomic E-state index is 0.271.